The molecule has 8 unspecified atom stereocenters. The predicted molar refractivity (Wildman–Crippen MR) is 108 cm³/mol. The van der Waals surface area contributed by atoms with E-state index in [0.717, 1.165) is 61.9 Å². The highest BCUT2D eigenvalue weighted by atomic mass is 28.4. The van der Waals surface area contributed by atoms with Gasteiger partial charge in [0, 0.05) is 13.5 Å². The van der Waals surface area contributed by atoms with Gasteiger partial charge in [0.2, 0.25) is 6.29 Å². The average molecular weight is 395 g/mol. The molecule has 154 valence electrons. The lowest BCUT2D eigenvalue weighted by Crippen LogP contribution is -2.38. The van der Waals surface area contributed by atoms with E-state index in [1.54, 1.807) is 7.11 Å². The molecule has 0 aromatic heterocycles. The number of esters is 1. The van der Waals surface area contributed by atoms with Gasteiger partial charge in [-0.2, -0.15) is 0 Å². The van der Waals surface area contributed by atoms with Crippen molar-refractivity contribution >= 4 is 14.3 Å². The maximum Gasteiger partial charge on any atom is 0.311 e. The van der Waals surface area contributed by atoms with E-state index < -0.39 is 8.32 Å². The van der Waals surface area contributed by atoms with Crippen molar-refractivity contribution in [3.63, 3.8) is 0 Å². The second-order valence-electron chi connectivity index (χ2n) is 10.5. The summed E-state index contributed by atoms with van der Waals surface area (Å²) >= 11 is 0. The highest BCUT2D eigenvalue weighted by Gasteiger charge is 2.63. The average Bonchev–Trinajstić information content (AvgIpc) is 3.41. The van der Waals surface area contributed by atoms with Crippen molar-refractivity contribution in [1.82, 2.24) is 0 Å². The first kappa shape index (κ1) is 19.9. The van der Waals surface area contributed by atoms with Crippen molar-refractivity contribution in [2.75, 3.05) is 13.7 Å². The van der Waals surface area contributed by atoms with Gasteiger partial charge in [-0.25, -0.2) is 0 Å². The number of rotatable bonds is 3. The van der Waals surface area contributed by atoms with Crippen LogP contribution in [0.3, 0.4) is 0 Å². The van der Waals surface area contributed by atoms with Crippen LogP contribution in [0.15, 0.2) is 0 Å². The van der Waals surface area contributed by atoms with Crippen LogP contribution in [-0.4, -0.2) is 34.3 Å². The SMILES string of the molecule is CO[Si](C)(C)C.O=C(OC1CCCCO1)C1CC2CC1C1C3CCC(C3)C21. The lowest BCUT2D eigenvalue weighted by atomic mass is 9.67. The molecule has 0 radical (unpaired) electrons. The first-order valence-corrected chi connectivity index (χ1v) is 14.7. The van der Waals surface area contributed by atoms with E-state index >= 15 is 0 Å². The molecule has 4 saturated carbocycles. The van der Waals surface area contributed by atoms with Crippen molar-refractivity contribution in [1.29, 1.82) is 0 Å². The van der Waals surface area contributed by atoms with Gasteiger partial charge in [-0.1, -0.05) is 0 Å². The third kappa shape index (κ3) is 4.02. The molecule has 4 bridgehead atoms. The Morgan fingerprint density at radius 1 is 0.926 bits per heavy atom. The van der Waals surface area contributed by atoms with E-state index in [0.29, 0.717) is 5.92 Å². The van der Waals surface area contributed by atoms with E-state index in [4.69, 9.17) is 13.9 Å². The van der Waals surface area contributed by atoms with E-state index in [9.17, 15) is 4.79 Å². The van der Waals surface area contributed by atoms with Crippen molar-refractivity contribution < 1.29 is 18.7 Å². The highest BCUT2D eigenvalue weighted by molar-refractivity contribution is 6.69. The Kier molecular flexibility index (Phi) is 5.74. The predicted octanol–water partition coefficient (Wildman–Crippen LogP) is 4.84. The molecule has 5 aliphatic rings. The van der Waals surface area contributed by atoms with Crippen LogP contribution in [0.5, 0.6) is 0 Å². The Labute approximate surface area is 165 Å². The lowest BCUT2D eigenvalue weighted by Gasteiger charge is -2.38. The molecule has 5 heteroatoms. The number of carbonyl (C=O) groups excluding carboxylic acids is 1. The monoisotopic (exact) mass is 394 g/mol. The molecule has 1 saturated heterocycles. The summed E-state index contributed by atoms with van der Waals surface area (Å²) in [7, 11) is 0.639. The zero-order valence-electron chi connectivity index (χ0n) is 17.6. The maximum absolute atomic E-state index is 12.6. The molecule has 5 fully saturated rings. The van der Waals surface area contributed by atoms with E-state index in [1.165, 1.54) is 25.7 Å². The minimum atomic E-state index is -1.13. The molecule has 1 heterocycles. The normalized spacial score (nSPS) is 44.6. The molecule has 0 N–H and O–H groups in total. The summed E-state index contributed by atoms with van der Waals surface area (Å²) in [6.07, 6.45) is 9.68. The summed E-state index contributed by atoms with van der Waals surface area (Å²) < 4.78 is 16.4. The van der Waals surface area contributed by atoms with Crippen LogP contribution < -0.4 is 0 Å². The Morgan fingerprint density at radius 3 is 2.26 bits per heavy atom. The fourth-order valence-corrected chi connectivity index (χ4v) is 6.86. The molecular weight excluding hydrogens is 356 g/mol. The Hall–Kier alpha value is -0.393. The number of ether oxygens (including phenoxy) is 2. The number of fused-ring (bicyclic) bond motifs is 9. The van der Waals surface area contributed by atoms with Gasteiger partial charge in [0.05, 0.1) is 12.5 Å². The van der Waals surface area contributed by atoms with Gasteiger partial charge in [0.25, 0.3) is 0 Å². The van der Waals surface area contributed by atoms with Crippen LogP contribution in [0.4, 0.5) is 0 Å². The Morgan fingerprint density at radius 2 is 1.63 bits per heavy atom. The quantitative estimate of drug-likeness (QED) is 0.390. The number of carbonyl (C=O) groups is 1. The summed E-state index contributed by atoms with van der Waals surface area (Å²) in [5.41, 5.74) is 0. The van der Waals surface area contributed by atoms with Gasteiger partial charge < -0.3 is 13.9 Å². The topological polar surface area (TPSA) is 44.8 Å². The second-order valence-corrected chi connectivity index (χ2v) is 15.2. The first-order valence-electron chi connectivity index (χ1n) is 11.2. The minimum Gasteiger partial charge on any atom is -0.436 e. The van der Waals surface area contributed by atoms with Gasteiger partial charge in [0.1, 0.15) is 0 Å². The van der Waals surface area contributed by atoms with Gasteiger partial charge in [-0.3, -0.25) is 4.79 Å². The van der Waals surface area contributed by atoms with E-state index in [2.05, 4.69) is 19.6 Å². The minimum absolute atomic E-state index is 0.0654. The lowest BCUT2D eigenvalue weighted by molar-refractivity contribution is -0.193. The van der Waals surface area contributed by atoms with Crippen molar-refractivity contribution in [2.45, 2.75) is 77.3 Å². The second kappa shape index (κ2) is 7.79. The van der Waals surface area contributed by atoms with E-state index in [1.807, 2.05) is 0 Å². The Bertz CT molecular complexity index is 539. The summed E-state index contributed by atoms with van der Waals surface area (Å²) in [6, 6.07) is 0. The van der Waals surface area contributed by atoms with Crippen LogP contribution >= 0.6 is 0 Å². The van der Waals surface area contributed by atoms with Crippen LogP contribution in [0.1, 0.15) is 51.4 Å². The summed E-state index contributed by atoms with van der Waals surface area (Å²) in [6.45, 7) is 7.23. The molecule has 5 rings (SSSR count). The largest absolute Gasteiger partial charge is 0.436 e. The van der Waals surface area contributed by atoms with Crippen LogP contribution in [0, 0.1) is 41.4 Å². The molecule has 27 heavy (non-hydrogen) atoms. The summed E-state index contributed by atoms with van der Waals surface area (Å²) in [5, 5.41) is 0. The van der Waals surface area contributed by atoms with Gasteiger partial charge in [-0.15, -0.1) is 0 Å². The molecular formula is C22H38O4Si. The first-order chi connectivity index (χ1) is 12.9. The van der Waals surface area contributed by atoms with Crippen molar-refractivity contribution in [3.8, 4) is 0 Å². The molecule has 1 aliphatic heterocycles. The summed E-state index contributed by atoms with van der Waals surface area (Å²) in [4.78, 5) is 12.6. The fraction of sp³-hybridized carbons (Fsp3) is 0.955. The van der Waals surface area contributed by atoms with Crippen LogP contribution in [0.2, 0.25) is 19.6 Å². The molecule has 0 aromatic rings. The third-order valence-corrected chi connectivity index (χ3v) is 9.26. The van der Waals surface area contributed by atoms with Gasteiger partial charge >= 0.3 is 5.97 Å². The zero-order chi connectivity index (χ0) is 19.2. The number of hydrogen-bond acceptors (Lipinski definition) is 4. The molecule has 4 aliphatic carbocycles. The molecule has 4 nitrogen and oxygen atoms in total. The molecule has 0 spiro atoms. The van der Waals surface area contributed by atoms with Crippen molar-refractivity contribution in [2.24, 2.45) is 41.4 Å². The van der Waals surface area contributed by atoms with Crippen molar-refractivity contribution in [3.05, 3.63) is 0 Å². The highest BCUT2D eigenvalue weighted by Crippen LogP contribution is 2.68. The standard InChI is InChI=1S/C18H26O3.C4H12OSi/c19-18(21-15-3-1-2-6-20-15)14-9-12-8-13(14)17-11-5-4-10(7-11)16(12)17;1-5-6(2,3)4/h10-17H,1-9H2;1-4H3. The number of hydrogen-bond donors (Lipinski definition) is 0. The maximum atomic E-state index is 12.6. The van der Waals surface area contributed by atoms with E-state index in [-0.39, 0.29) is 18.2 Å². The molecule has 8 atom stereocenters. The molecule has 0 aromatic carbocycles. The summed E-state index contributed by atoms with van der Waals surface area (Å²) in [5.74, 6) is 5.53. The van der Waals surface area contributed by atoms with Crippen LogP contribution in [-0.2, 0) is 18.7 Å². The smallest absolute Gasteiger partial charge is 0.311 e. The van der Waals surface area contributed by atoms with Gasteiger partial charge in [-0.05, 0) is 100 Å². The Balaban J connectivity index is 0.000000264. The zero-order valence-corrected chi connectivity index (χ0v) is 18.6. The van der Waals surface area contributed by atoms with Crippen LogP contribution in [0.25, 0.3) is 0 Å². The van der Waals surface area contributed by atoms with Gasteiger partial charge in [0.15, 0.2) is 8.32 Å². The third-order valence-electron chi connectivity index (χ3n) is 8.03. The molecule has 0 amide bonds. The fourth-order valence-electron chi connectivity index (χ4n) is 6.86.